The Hall–Kier alpha value is -0.340. The molecule has 0 radical (unpaired) electrons. The SMILES string of the molecule is O[C@@H]1[C@H](O)[C@H]2N=C(N3CCC3)S[C@H]2O[C@@H]1CNC1CCCC1. The zero-order valence-electron chi connectivity index (χ0n) is 12.7. The maximum Gasteiger partial charge on any atom is 0.162 e. The van der Waals surface area contributed by atoms with Crippen LogP contribution in [0.1, 0.15) is 32.1 Å². The molecule has 4 rings (SSSR count). The first-order chi connectivity index (χ1) is 10.7. The highest BCUT2D eigenvalue weighted by atomic mass is 32.2. The molecule has 3 aliphatic heterocycles. The van der Waals surface area contributed by atoms with Crippen molar-refractivity contribution in [2.24, 2.45) is 4.99 Å². The van der Waals surface area contributed by atoms with Crippen molar-refractivity contribution in [3.63, 3.8) is 0 Å². The number of amidine groups is 1. The average molecular weight is 327 g/mol. The van der Waals surface area contributed by atoms with Gasteiger partial charge in [-0.05, 0) is 19.3 Å². The lowest BCUT2D eigenvalue weighted by atomic mass is 9.98. The number of thioether (sulfide) groups is 1. The molecule has 3 heterocycles. The summed E-state index contributed by atoms with van der Waals surface area (Å²) in [6, 6.07) is 0.202. The molecule has 22 heavy (non-hydrogen) atoms. The summed E-state index contributed by atoms with van der Waals surface area (Å²) in [5, 5.41) is 25.2. The van der Waals surface area contributed by atoms with E-state index in [1.807, 2.05) is 0 Å². The highest BCUT2D eigenvalue weighted by Gasteiger charge is 2.49. The number of aliphatic hydroxyl groups excluding tert-OH is 2. The van der Waals surface area contributed by atoms with E-state index in [0.717, 1.165) is 18.3 Å². The van der Waals surface area contributed by atoms with Crippen molar-refractivity contribution in [1.29, 1.82) is 0 Å². The van der Waals surface area contributed by atoms with Crippen LogP contribution in [-0.2, 0) is 4.74 Å². The van der Waals surface area contributed by atoms with Crippen molar-refractivity contribution < 1.29 is 14.9 Å². The standard InChI is InChI=1S/C15H25N3O3S/c19-12-10(8-16-9-4-1-2-5-9)21-14-11(13(12)20)17-15(22-14)18-6-3-7-18/h9-14,16,19-20H,1-8H2/t10-,11-,12+,13-,14-/m1/s1. The molecule has 2 saturated heterocycles. The number of fused-ring (bicyclic) bond motifs is 1. The van der Waals surface area contributed by atoms with Gasteiger partial charge in [-0.25, -0.2) is 0 Å². The van der Waals surface area contributed by atoms with E-state index in [1.54, 1.807) is 11.8 Å². The highest BCUT2D eigenvalue weighted by molar-refractivity contribution is 8.14. The van der Waals surface area contributed by atoms with Gasteiger partial charge < -0.3 is 25.2 Å². The summed E-state index contributed by atoms with van der Waals surface area (Å²) >= 11 is 1.60. The van der Waals surface area contributed by atoms with Gasteiger partial charge >= 0.3 is 0 Å². The van der Waals surface area contributed by atoms with Crippen molar-refractivity contribution in [1.82, 2.24) is 10.2 Å². The minimum absolute atomic E-state index is 0.163. The second-order valence-corrected chi connectivity index (χ2v) is 7.84. The Kier molecular flexibility index (Phi) is 4.34. The minimum Gasteiger partial charge on any atom is -0.388 e. The van der Waals surface area contributed by atoms with E-state index in [0.29, 0.717) is 12.6 Å². The first kappa shape index (κ1) is 15.2. The van der Waals surface area contributed by atoms with Crippen LogP contribution >= 0.6 is 11.8 Å². The van der Waals surface area contributed by atoms with Crippen LogP contribution in [0.15, 0.2) is 4.99 Å². The van der Waals surface area contributed by atoms with Crippen LogP contribution in [-0.4, -0.2) is 75.7 Å². The number of nitrogens with one attached hydrogen (secondary N) is 1. The van der Waals surface area contributed by atoms with E-state index in [2.05, 4.69) is 15.2 Å². The molecule has 3 N–H and O–H groups in total. The Labute approximate surface area is 135 Å². The second-order valence-electron chi connectivity index (χ2n) is 6.77. The first-order valence-electron chi connectivity index (χ1n) is 8.47. The minimum atomic E-state index is -0.866. The molecule has 6 nitrogen and oxygen atoms in total. The predicted molar refractivity (Wildman–Crippen MR) is 85.9 cm³/mol. The topological polar surface area (TPSA) is 77.3 Å². The quantitative estimate of drug-likeness (QED) is 0.685. The lowest BCUT2D eigenvalue weighted by Gasteiger charge is -2.38. The van der Waals surface area contributed by atoms with Gasteiger partial charge in [-0.2, -0.15) is 0 Å². The smallest absolute Gasteiger partial charge is 0.162 e. The normalized spacial score (nSPS) is 42.2. The third-order valence-corrected chi connectivity index (χ3v) is 6.44. The van der Waals surface area contributed by atoms with E-state index in [9.17, 15) is 10.2 Å². The summed E-state index contributed by atoms with van der Waals surface area (Å²) in [6.45, 7) is 2.68. The van der Waals surface area contributed by atoms with Crippen LogP contribution in [0, 0.1) is 0 Å². The lowest BCUT2D eigenvalue weighted by Crippen LogP contribution is -2.57. The third kappa shape index (κ3) is 2.78. The number of likely N-dealkylation sites (tertiary alicyclic amines) is 1. The van der Waals surface area contributed by atoms with Gasteiger partial charge in [0.05, 0.1) is 0 Å². The third-order valence-electron chi connectivity index (χ3n) is 5.24. The zero-order valence-corrected chi connectivity index (χ0v) is 13.5. The number of rotatable bonds is 3. The molecule has 7 heteroatoms. The number of hydrogen-bond acceptors (Lipinski definition) is 7. The van der Waals surface area contributed by atoms with E-state index in [-0.39, 0.29) is 17.6 Å². The molecular formula is C15H25N3O3S. The first-order valence-corrected chi connectivity index (χ1v) is 9.35. The molecule has 124 valence electrons. The highest BCUT2D eigenvalue weighted by Crippen LogP contribution is 2.38. The fourth-order valence-electron chi connectivity index (χ4n) is 3.66. The monoisotopic (exact) mass is 327 g/mol. The molecule has 0 aromatic rings. The van der Waals surface area contributed by atoms with Crippen LogP contribution < -0.4 is 5.32 Å². The van der Waals surface area contributed by atoms with Crippen LogP contribution in [0.3, 0.4) is 0 Å². The van der Waals surface area contributed by atoms with E-state index >= 15 is 0 Å². The number of ether oxygens (including phenoxy) is 1. The second kappa shape index (κ2) is 6.28. The number of aliphatic imine (C=N–C) groups is 1. The summed E-state index contributed by atoms with van der Waals surface area (Å²) in [5.74, 6) is 0. The van der Waals surface area contributed by atoms with E-state index in [4.69, 9.17) is 4.74 Å². The van der Waals surface area contributed by atoms with Crippen LogP contribution in [0.4, 0.5) is 0 Å². The Balaban J connectivity index is 1.36. The molecule has 0 amide bonds. The molecule has 3 fully saturated rings. The van der Waals surface area contributed by atoms with E-state index < -0.39 is 12.2 Å². The Morgan fingerprint density at radius 2 is 1.95 bits per heavy atom. The van der Waals surface area contributed by atoms with Crippen molar-refractivity contribution >= 4 is 16.9 Å². The van der Waals surface area contributed by atoms with Crippen LogP contribution in [0.5, 0.6) is 0 Å². The summed E-state index contributed by atoms with van der Waals surface area (Å²) in [5.41, 5.74) is -0.163. The van der Waals surface area contributed by atoms with Gasteiger partial charge in [0.25, 0.3) is 0 Å². The van der Waals surface area contributed by atoms with Crippen molar-refractivity contribution in [2.45, 2.75) is 67.9 Å². The molecular weight excluding hydrogens is 302 g/mol. The van der Waals surface area contributed by atoms with Gasteiger partial charge in [0.15, 0.2) is 5.17 Å². The summed E-state index contributed by atoms with van der Waals surface area (Å²) in [4.78, 5) is 6.81. The van der Waals surface area contributed by atoms with Crippen molar-refractivity contribution in [3.05, 3.63) is 0 Å². The van der Waals surface area contributed by atoms with E-state index in [1.165, 1.54) is 32.1 Å². The average Bonchev–Trinajstić information content (AvgIpc) is 3.08. The fraction of sp³-hybridized carbons (Fsp3) is 0.933. The largest absolute Gasteiger partial charge is 0.388 e. The molecule has 0 bridgehead atoms. The Morgan fingerprint density at radius 1 is 1.18 bits per heavy atom. The molecule has 0 aromatic carbocycles. The molecule has 5 atom stereocenters. The fourth-order valence-corrected chi connectivity index (χ4v) is 4.94. The van der Waals surface area contributed by atoms with Crippen LogP contribution in [0.25, 0.3) is 0 Å². The molecule has 0 spiro atoms. The Bertz CT molecular complexity index is 440. The van der Waals surface area contributed by atoms with Gasteiger partial charge in [0.1, 0.15) is 29.8 Å². The van der Waals surface area contributed by atoms with Gasteiger partial charge in [-0.3, -0.25) is 4.99 Å². The molecule has 1 saturated carbocycles. The van der Waals surface area contributed by atoms with Crippen molar-refractivity contribution in [3.8, 4) is 0 Å². The van der Waals surface area contributed by atoms with Crippen molar-refractivity contribution in [2.75, 3.05) is 19.6 Å². The summed E-state index contributed by atoms with van der Waals surface area (Å²) in [7, 11) is 0. The maximum absolute atomic E-state index is 10.4. The summed E-state index contributed by atoms with van der Waals surface area (Å²) < 4.78 is 6.05. The van der Waals surface area contributed by atoms with Crippen LogP contribution in [0.2, 0.25) is 0 Å². The molecule has 4 aliphatic rings. The molecule has 1 aliphatic carbocycles. The number of aliphatic hydroxyl groups is 2. The van der Waals surface area contributed by atoms with Gasteiger partial charge in [0, 0.05) is 25.7 Å². The summed E-state index contributed by atoms with van der Waals surface area (Å²) in [6.07, 6.45) is 4.12. The zero-order chi connectivity index (χ0) is 15.1. The predicted octanol–water partition coefficient (Wildman–Crippen LogP) is 0.142. The van der Waals surface area contributed by atoms with Gasteiger partial charge in [-0.15, -0.1) is 0 Å². The lowest BCUT2D eigenvalue weighted by molar-refractivity contribution is -0.151. The maximum atomic E-state index is 10.4. The Morgan fingerprint density at radius 3 is 2.64 bits per heavy atom. The van der Waals surface area contributed by atoms with Gasteiger partial charge in [0.2, 0.25) is 0 Å². The number of nitrogens with zero attached hydrogens (tertiary/aromatic N) is 2. The molecule has 0 unspecified atom stereocenters. The molecule has 0 aromatic heterocycles. The number of hydrogen-bond donors (Lipinski definition) is 3. The van der Waals surface area contributed by atoms with Gasteiger partial charge in [-0.1, -0.05) is 24.6 Å².